The number of esters is 3. The Morgan fingerprint density at radius 2 is 0.456 bits per heavy atom. The Morgan fingerprint density at radius 1 is 0.253 bits per heavy atom. The van der Waals surface area contributed by atoms with Crippen molar-refractivity contribution >= 4 is 17.9 Å². The van der Waals surface area contributed by atoms with Gasteiger partial charge in [0.05, 0.1) is 0 Å². The van der Waals surface area contributed by atoms with E-state index in [-0.39, 0.29) is 31.1 Å². The first-order valence-corrected chi connectivity index (χ1v) is 35.8. The van der Waals surface area contributed by atoms with E-state index in [1.807, 2.05) is 0 Å². The highest BCUT2D eigenvalue weighted by molar-refractivity contribution is 5.71. The summed E-state index contributed by atoms with van der Waals surface area (Å²) in [6.45, 7) is 6.71. The Hall–Kier alpha value is -2.11. The Kier molecular flexibility index (Phi) is 66.6. The molecule has 0 aliphatic heterocycles. The molecule has 0 aliphatic rings. The van der Waals surface area contributed by atoms with Crippen LogP contribution in [0.1, 0.15) is 406 Å². The summed E-state index contributed by atoms with van der Waals surface area (Å²) in [5.41, 5.74) is 0. The lowest BCUT2D eigenvalue weighted by molar-refractivity contribution is -0.167. The number of unbranched alkanes of at least 4 members (excludes halogenated alkanes) is 52. The molecule has 0 fully saturated rings. The molecule has 0 N–H and O–H groups in total. The molecule has 0 aromatic heterocycles. The molecule has 0 saturated heterocycles. The zero-order valence-electron chi connectivity index (χ0n) is 53.7. The molecular weight excluding hydrogens is 973 g/mol. The van der Waals surface area contributed by atoms with Crippen molar-refractivity contribution in [2.24, 2.45) is 0 Å². The van der Waals surface area contributed by atoms with E-state index in [0.29, 0.717) is 19.3 Å². The smallest absolute Gasteiger partial charge is 0.306 e. The maximum Gasteiger partial charge on any atom is 0.306 e. The maximum atomic E-state index is 12.9. The molecule has 0 bridgehead atoms. The predicted octanol–water partition coefficient (Wildman–Crippen LogP) is 24.6. The minimum atomic E-state index is -0.770. The SMILES string of the molecule is CCCCCCC/C=C\C/C=C\CCCCCCCCCCCC(=O)OC(COC(=O)CCCCCCCCCCCCCCC)COC(=O)CCCCCCCCCCCCCCCCCCCCCCCCCCCCC. The van der Waals surface area contributed by atoms with E-state index < -0.39 is 6.10 Å². The van der Waals surface area contributed by atoms with Gasteiger partial charge in [-0.1, -0.05) is 360 Å². The molecule has 0 rings (SSSR count). The van der Waals surface area contributed by atoms with Crippen LogP contribution in [-0.4, -0.2) is 37.2 Å². The third kappa shape index (κ3) is 66.6. The van der Waals surface area contributed by atoms with Gasteiger partial charge < -0.3 is 14.2 Å². The molecule has 1 atom stereocenters. The van der Waals surface area contributed by atoms with Crippen molar-refractivity contribution in [1.82, 2.24) is 0 Å². The molecule has 0 aromatic rings. The number of carbonyl (C=O) groups is 3. The molecule has 0 amide bonds. The first kappa shape index (κ1) is 76.9. The lowest BCUT2D eigenvalue weighted by Crippen LogP contribution is -2.30. The second-order valence-corrected chi connectivity index (χ2v) is 24.5. The first-order chi connectivity index (χ1) is 39.0. The van der Waals surface area contributed by atoms with Crippen LogP contribution in [0.25, 0.3) is 0 Å². The van der Waals surface area contributed by atoms with Crippen molar-refractivity contribution in [2.75, 3.05) is 13.2 Å². The van der Waals surface area contributed by atoms with Gasteiger partial charge in [-0.25, -0.2) is 0 Å². The summed E-state index contributed by atoms with van der Waals surface area (Å²) >= 11 is 0. The summed E-state index contributed by atoms with van der Waals surface area (Å²) in [6, 6.07) is 0. The van der Waals surface area contributed by atoms with E-state index in [4.69, 9.17) is 14.2 Å². The van der Waals surface area contributed by atoms with Gasteiger partial charge >= 0.3 is 17.9 Å². The van der Waals surface area contributed by atoms with Gasteiger partial charge in [0.25, 0.3) is 0 Å². The Balaban J connectivity index is 4.20. The van der Waals surface area contributed by atoms with E-state index in [0.717, 1.165) is 64.2 Å². The normalized spacial score (nSPS) is 12.1. The zero-order valence-corrected chi connectivity index (χ0v) is 53.7. The van der Waals surface area contributed by atoms with Crippen molar-refractivity contribution in [3.05, 3.63) is 24.3 Å². The van der Waals surface area contributed by atoms with Crippen molar-refractivity contribution in [2.45, 2.75) is 412 Å². The summed E-state index contributed by atoms with van der Waals surface area (Å²) in [7, 11) is 0. The van der Waals surface area contributed by atoms with Gasteiger partial charge in [0.15, 0.2) is 6.10 Å². The van der Waals surface area contributed by atoms with Gasteiger partial charge in [-0.2, -0.15) is 0 Å². The largest absolute Gasteiger partial charge is 0.462 e. The minimum Gasteiger partial charge on any atom is -0.462 e. The second-order valence-electron chi connectivity index (χ2n) is 24.5. The molecule has 1 unspecified atom stereocenters. The van der Waals surface area contributed by atoms with E-state index in [1.165, 1.54) is 302 Å². The molecular formula is C73H138O6. The van der Waals surface area contributed by atoms with Crippen molar-refractivity contribution in [1.29, 1.82) is 0 Å². The monoisotopic (exact) mass is 1110 g/mol. The van der Waals surface area contributed by atoms with Crippen LogP contribution in [0, 0.1) is 0 Å². The van der Waals surface area contributed by atoms with Crippen molar-refractivity contribution in [3.63, 3.8) is 0 Å². The van der Waals surface area contributed by atoms with Crippen LogP contribution in [0.15, 0.2) is 24.3 Å². The summed E-state index contributed by atoms with van der Waals surface area (Å²) in [5.74, 6) is -0.838. The quantitative estimate of drug-likeness (QED) is 0.0261. The van der Waals surface area contributed by atoms with Crippen molar-refractivity contribution < 1.29 is 28.6 Å². The summed E-state index contributed by atoms with van der Waals surface area (Å²) in [6.07, 6.45) is 83.6. The summed E-state index contributed by atoms with van der Waals surface area (Å²) < 4.78 is 17.0. The fourth-order valence-electron chi connectivity index (χ4n) is 11.1. The molecule has 6 heteroatoms. The molecule has 0 heterocycles. The Bertz CT molecular complexity index is 1270. The number of hydrogen-bond donors (Lipinski definition) is 0. The first-order valence-electron chi connectivity index (χ1n) is 35.8. The van der Waals surface area contributed by atoms with Gasteiger partial charge in [0, 0.05) is 19.3 Å². The fraction of sp³-hybridized carbons (Fsp3) is 0.904. The highest BCUT2D eigenvalue weighted by Crippen LogP contribution is 2.19. The standard InChI is InChI=1S/C73H138O6/c1-4-7-10-13-16-19-22-25-27-29-31-33-34-35-36-37-38-40-41-43-45-48-51-54-57-60-63-66-72(75)78-69-70(68-77-71(74)65-62-59-56-53-50-47-24-21-18-15-12-9-6-3)79-73(76)67-64-61-58-55-52-49-46-44-42-39-32-30-28-26-23-20-17-14-11-8-5-2/h23,26,30,32,70H,4-22,24-25,27-29,31,33-69H2,1-3H3/b26-23-,32-30-. The number of carbonyl (C=O) groups excluding carboxylic acids is 3. The van der Waals surface area contributed by atoms with Gasteiger partial charge in [0.1, 0.15) is 13.2 Å². The Morgan fingerprint density at radius 3 is 0.696 bits per heavy atom. The van der Waals surface area contributed by atoms with E-state index in [1.54, 1.807) is 0 Å². The topological polar surface area (TPSA) is 78.9 Å². The fourth-order valence-corrected chi connectivity index (χ4v) is 11.1. The van der Waals surface area contributed by atoms with E-state index in [2.05, 4.69) is 45.1 Å². The molecule has 79 heavy (non-hydrogen) atoms. The second kappa shape index (κ2) is 68.4. The van der Waals surface area contributed by atoms with Gasteiger partial charge in [0.2, 0.25) is 0 Å². The van der Waals surface area contributed by atoms with E-state index >= 15 is 0 Å². The van der Waals surface area contributed by atoms with Crippen LogP contribution < -0.4 is 0 Å². The van der Waals surface area contributed by atoms with E-state index in [9.17, 15) is 14.4 Å². The van der Waals surface area contributed by atoms with Crippen LogP contribution in [-0.2, 0) is 28.6 Å². The minimum absolute atomic E-state index is 0.0664. The molecule has 0 aromatic carbocycles. The molecule has 466 valence electrons. The molecule has 0 aliphatic carbocycles. The highest BCUT2D eigenvalue weighted by Gasteiger charge is 2.19. The molecule has 0 saturated carbocycles. The molecule has 6 nitrogen and oxygen atoms in total. The third-order valence-corrected chi connectivity index (χ3v) is 16.5. The van der Waals surface area contributed by atoms with Crippen LogP contribution in [0.4, 0.5) is 0 Å². The van der Waals surface area contributed by atoms with Crippen LogP contribution in [0.5, 0.6) is 0 Å². The average molecular weight is 1110 g/mol. The van der Waals surface area contributed by atoms with Crippen molar-refractivity contribution in [3.8, 4) is 0 Å². The highest BCUT2D eigenvalue weighted by atomic mass is 16.6. The Labute approximate surface area is 493 Å². The maximum absolute atomic E-state index is 12.9. The lowest BCUT2D eigenvalue weighted by atomic mass is 10.0. The summed E-state index contributed by atoms with van der Waals surface area (Å²) in [4.78, 5) is 38.4. The third-order valence-electron chi connectivity index (χ3n) is 16.5. The number of ether oxygens (including phenoxy) is 3. The van der Waals surface area contributed by atoms with Crippen LogP contribution in [0.2, 0.25) is 0 Å². The van der Waals surface area contributed by atoms with Crippen LogP contribution in [0.3, 0.4) is 0 Å². The summed E-state index contributed by atoms with van der Waals surface area (Å²) in [5, 5.41) is 0. The number of rotatable bonds is 67. The molecule has 0 spiro atoms. The average Bonchev–Trinajstić information content (AvgIpc) is 3.45. The predicted molar refractivity (Wildman–Crippen MR) is 344 cm³/mol. The number of allylic oxidation sites excluding steroid dienone is 4. The zero-order chi connectivity index (χ0) is 57.1. The molecule has 0 radical (unpaired) electrons. The van der Waals surface area contributed by atoms with Crippen LogP contribution >= 0.6 is 0 Å². The van der Waals surface area contributed by atoms with Gasteiger partial charge in [-0.3, -0.25) is 14.4 Å². The van der Waals surface area contributed by atoms with Gasteiger partial charge in [-0.15, -0.1) is 0 Å². The lowest BCUT2D eigenvalue weighted by Gasteiger charge is -2.18. The number of hydrogen-bond acceptors (Lipinski definition) is 6. The van der Waals surface area contributed by atoms with Gasteiger partial charge in [-0.05, 0) is 51.4 Å².